The fourth-order valence-electron chi connectivity index (χ4n) is 2.65. The Bertz CT molecular complexity index is 523. The van der Waals surface area contributed by atoms with E-state index in [1.54, 1.807) is 31.2 Å². The average Bonchev–Trinajstić information content (AvgIpc) is 2.37. The van der Waals surface area contributed by atoms with E-state index in [-0.39, 0.29) is 18.2 Å². The number of carbonyl (C=O) groups is 2. The highest BCUT2D eigenvalue weighted by molar-refractivity contribution is 5.96. The Morgan fingerprint density at radius 2 is 2.00 bits per heavy atom. The summed E-state index contributed by atoms with van der Waals surface area (Å²) >= 11 is 0. The van der Waals surface area contributed by atoms with Gasteiger partial charge in [0.1, 0.15) is 0 Å². The topological polar surface area (TPSA) is 69.6 Å². The van der Waals surface area contributed by atoms with Crippen molar-refractivity contribution in [1.29, 1.82) is 0 Å². The molecule has 0 aromatic heterocycles. The van der Waals surface area contributed by atoms with Crippen LogP contribution in [-0.4, -0.2) is 46.9 Å². The van der Waals surface area contributed by atoms with Crippen molar-refractivity contribution in [3.05, 3.63) is 29.8 Å². The molecule has 1 heterocycles. The number of rotatable bonds is 4. The highest BCUT2D eigenvalue weighted by Gasteiger charge is 2.29. The number of aliphatic hydroxyl groups is 1. The highest BCUT2D eigenvalue weighted by Crippen LogP contribution is 2.20. The summed E-state index contributed by atoms with van der Waals surface area (Å²) in [6.07, 6.45) is 1.67. The first-order valence-electron chi connectivity index (χ1n) is 7.21. The minimum atomic E-state index is -0.707. The molecule has 5 heteroatoms. The SMILES string of the molecule is CC(=O)c1ccc(NC(=O)CN2CCCC(C)(O)C2)cc1. The van der Waals surface area contributed by atoms with Crippen molar-refractivity contribution < 1.29 is 14.7 Å². The summed E-state index contributed by atoms with van der Waals surface area (Å²) < 4.78 is 0. The molecule has 0 aliphatic carbocycles. The number of ketones is 1. The Morgan fingerprint density at radius 1 is 1.33 bits per heavy atom. The van der Waals surface area contributed by atoms with Gasteiger partial charge in [-0.2, -0.15) is 0 Å². The van der Waals surface area contributed by atoms with Crippen LogP contribution >= 0.6 is 0 Å². The molecule has 1 aliphatic heterocycles. The number of piperidine rings is 1. The first-order chi connectivity index (χ1) is 9.85. The number of benzene rings is 1. The van der Waals surface area contributed by atoms with E-state index in [1.807, 2.05) is 4.90 Å². The molecule has 5 nitrogen and oxygen atoms in total. The van der Waals surface area contributed by atoms with Crippen molar-refractivity contribution in [2.75, 3.05) is 25.0 Å². The lowest BCUT2D eigenvalue weighted by atomic mass is 9.95. The normalized spacial score (nSPS) is 22.8. The zero-order valence-corrected chi connectivity index (χ0v) is 12.6. The van der Waals surface area contributed by atoms with E-state index in [1.165, 1.54) is 6.92 Å². The maximum absolute atomic E-state index is 12.0. The zero-order chi connectivity index (χ0) is 15.5. The molecule has 1 fully saturated rings. The van der Waals surface area contributed by atoms with E-state index in [2.05, 4.69) is 5.32 Å². The van der Waals surface area contributed by atoms with Gasteiger partial charge in [0, 0.05) is 17.8 Å². The fourth-order valence-corrected chi connectivity index (χ4v) is 2.65. The zero-order valence-electron chi connectivity index (χ0n) is 12.6. The van der Waals surface area contributed by atoms with Crippen LogP contribution in [0.2, 0.25) is 0 Å². The number of likely N-dealkylation sites (tertiary alicyclic amines) is 1. The molecule has 0 radical (unpaired) electrons. The summed E-state index contributed by atoms with van der Waals surface area (Å²) in [5.74, 6) is -0.105. The molecule has 1 atom stereocenters. The lowest BCUT2D eigenvalue weighted by molar-refractivity contribution is -0.118. The van der Waals surface area contributed by atoms with Crippen LogP contribution in [0, 0.1) is 0 Å². The lowest BCUT2D eigenvalue weighted by Crippen LogP contribution is -2.48. The molecule has 1 aromatic carbocycles. The fraction of sp³-hybridized carbons (Fsp3) is 0.500. The number of β-amino-alcohol motifs (C(OH)–C–C–N with tert-alkyl or cyclic N) is 1. The van der Waals surface area contributed by atoms with E-state index in [0.29, 0.717) is 17.8 Å². The van der Waals surface area contributed by atoms with Gasteiger partial charge in [0.05, 0.1) is 12.1 Å². The first kappa shape index (κ1) is 15.7. The second-order valence-corrected chi connectivity index (χ2v) is 5.99. The average molecular weight is 290 g/mol. The molecule has 1 saturated heterocycles. The first-order valence-corrected chi connectivity index (χ1v) is 7.21. The predicted molar refractivity (Wildman–Crippen MR) is 81.4 cm³/mol. The van der Waals surface area contributed by atoms with Crippen LogP contribution in [0.4, 0.5) is 5.69 Å². The van der Waals surface area contributed by atoms with Crippen molar-refractivity contribution in [3.8, 4) is 0 Å². The molecule has 1 amide bonds. The van der Waals surface area contributed by atoms with Crippen LogP contribution in [0.5, 0.6) is 0 Å². The number of nitrogens with zero attached hydrogens (tertiary/aromatic N) is 1. The van der Waals surface area contributed by atoms with Crippen LogP contribution < -0.4 is 5.32 Å². The minimum absolute atomic E-state index is 0.00317. The largest absolute Gasteiger partial charge is 0.389 e. The molecule has 1 aromatic rings. The third-order valence-electron chi connectivity index (χ3n) is 3.70. The molecule has 0 saturated carbocycles. The summed E-state index contributed by atoms with van der Waals surface area (Å²) in [4.78, 5) is 25.2. The number of amides is 1. The molecule has 0 spiro atoms. The van der Waals surface area contributed by atoms with Gasteiger partial charge in [-0.05, 0) is 57.5 Å². The molecule has 21 heavy (non-hydrogen) atoms. The van der Waals surface area contributed by atoms with Crippen LogP contribution in [-0.2, 0) is 4.79 Å². The van der Waals surface area contributed by atoms with Crippen molar-refractivity contribution in [2.45, 2.75) is 32.3 Å². The maximum atomic E-state index is 12.0. The second-order valence-electron chi connectivity index (χ2n) is 5.99. The second kappa shape index (κ2) is 6.37. The summed E-state index contributed by atoms with van der Waals surface area (Å²) in [6.45, 7) is 4.93. The molecule has 0 bridgehead atoms. The van der Waals surface area contributed by atoms with Gasteiger partial charge < -0.3 is 10.4 Å². The van der Waals surface area contributed by atoms with Crippen LogP contribution in [0.3, 0.4) is 0 Å². The van der Waals surface area contributed by atoms with Crippen molar-refractivity contribution in [3.63, 3.8) is 0 Å². The Labute approximate surface area is 125 Å². The van der Waals surface area contributed by atoms with Gasteiger partial charge in [0.25, 0.3) is 0 Å². The van der Waals surface area contributed by atoms with E-state index < -0.39 is 5.60 Å². The number of anilines is 1. The number of hydrogen-bond acceptors (Lipinski definition) is 4. The van der Waals surface area contributed by atoms with E-state index >= 15 is 0 Å². The van der Waals surface area contributed by atoms with Crippen molar-refractivity contribution >= 4 is 17.4 Å². The molecule has 2 rings (SSSR count). The molecule has 2 N–H and O–H groups in total. The van der Waals surface area contributed by atoms with E-state index in [0.717, 1.165) is 19.4 Å². The number of carbonyl (C=O) groups excluding carboxylic acids is 2. The van der Waals surface area contributed by atoms with E-state index in [9.17, 15) is 14.7 Å². The van der Waals surface area contributed by atoms with Gasteiger partial charge in [-0.1, -0.05) is 0 Å². The Hall–Kier alpha value is -1.72. The van der Waals surface area contributed by atoms with Gasteiger partial charge in [-0.15, -0.1) is 0 Å². The summed E-state index contributed by atoms with van der Waals surface area (Å²) in [6, 6.07) is 6.84. The van der Waals surface area contributed by atoms with Crippen molar-refractivity contribution in [1.82, 2.24) is 4.90 Å². The third kappa shape index (κ3) is 4.65. The number of nitrogens with one attached hydrogen (secondary N) is 1. The molecule has 1 aliphatic rings. The summed E-state index contributed by atoms with van der Waals surface area (Å²) in [7, 11) is 0. The Balaban J connectivity index is 1.88. The minimum Gasteiger partial charge on any atom is -0.389 e. The number of hydrogen-bond donors (Lipinski definition) is 2. The lowest BCUT2D eigenvalue weighted by Gasteiger charge is -2.36. The van der Waals surface area contributed by atoms with Crippen LogP contribution in [0.15, 0.2) is 24.3 Å². The van der Waals surface area contributed by atoms with Gasteiger partial charge in [0.15, 0.2) is 5.78 Å². The summed E-state index contributed by atoms with van der Waals surface area (Å²) in [5, 5.41) is 12.8. The molecular formula is C16H22N2O3. The summed E-state index contributed by atoms with van der Waals surface area (Å²) in [5.41, 5.74) is 0.593. The van der Waals surface area contributed by atoms with E-state index in [4.69, 9.17) is 0 Å². The van der Waals surface area contributed by atoms with Gasteiger partial charge in [0.2, 0.25) is 5.91 Å². The highest BCUT2D eigenvalue weighted by atomic mass is 16.3. The van der Waals surface area contributed by atoms with Crippen molar-refractivity contribution in [2.24, 2.45) is 0 Å². The molecule has 114 valence electrons. The smallest absolute Gasteiger partial charge is 0.238 e. The third-order valence-corrected chi connectivity index (χ3v) is 3.70. The monoisotopic (exact) mass is 290 g/mol. The molecular weight excluding hydrogens is 268 g/mol. The maximum Gasteiger partial charge on any atom is 0.238 e. The van der Waals surface area contributed by atoms with Gasteiger partial charge >= 0.3 is 0 Å². The molecule has 1 unspecified atom stereocenters. The Kier molecular flexibility index (Phi) is 4.75. The van der Waals surface area contributed by atoms with Gasteiger partial charge in [-0.25, -0.2) is 0 Å². The predicted octanol–water partition coefficient (Wildman–Crippen LogP) is 1.67. The quantitative estimate of drug-likeness (QED) is 0.828. The van der Waals surface area contributed by atoms with Crippen LogP contribution in [0.25, 0.3) is 0 Å². The standard InChI is InChI=1S/C16H22N2O3/c1-12(19)13-4-6-14(7-5-13)17-15(20)10-18-9-3-8-16(2,21)11-18/h4-7,21H,3,8-11H2,1-2H3,(H,17,20). The van der Waals surface area contributed by atoms with Gasteiger partial charge in [-0.3, -0.25) is 14.5 Å². The van der Waals surface area contributed by atoms with Crippen LogP contribution in [0.1, 0.15) is 37.0 Å². The number of Topliss-reactive ketones (excluding diaryl/α,β-unsaturated/α-hetero) is 1. The Morgan fingerprint density at radius 3 is 2.57 bits per heavy atom.